The summed E-state index contributed by atoms with van der Waals surface area (Å²) in [4.78, 5) is 4.56. The van der Waals surface area contributed by atoms with Gasteiger partial charge in [0, 0.05) is 0 Å². The molecule has 0 bridgehead atoms. The number of aryl methyl sites for hydroxylation is 1. The van der Waals surface area contributed by atoms with Crippen LogP contribution in [0.1, 0.15) is 29.6 Å². The molecule has 2 heterocycles. The lowest BCUT2D eigenvalue weighted by Gasteiger charge is -2.09. The molecule has 0 saturated carbocycles. The van der Waals surface area contributed by atoms with E-state index in [-0.39, 0.29) is 5.38 Å². The van der Waals surface area contributed by atoms with Crippen molar-refractivity contribution in [1.29, 1.82) is 0 Å². The maximum Gasteiger partial charge on any atom is 0.128 e. The van der Waals surface area contributed by atoms with Crippen LogP contribution in [0.15, 0.2) is 28.7 Å². The highest BCUT2D eigenvalue weighted by Gasteiger charge is 2.17. The van der Waals surface area contributed by atoms with Gasteiger partial charge in [0.2, 0.25) is 0 Å². The summed E-state index contributed by atoms with van der Waals surface area (Å²) < 4.78 is 7.65. The average molecular weight is 344 g/mol. The Balaban J connectivity index is 2.17. The fraction of sp³-hybridized carbons (Fsp3) is 0.267. The van der Waals surface area contributed by atoms with Crippen molar-refractivity contribution in [2.45, 2.75) is 25.8 Å². The van der Waals surface area contributed by atoms with Crippen LogP contribution in [-0.4, -0.2) is 9.55 Å². The van der Waals surface area contributed by atoms with Crippen LogP contribution in [0.5, 0.6) is 0 Å². The van der Waals surface area contributed by atoms with Gasteiger partial charge in [0.25, 0.3) is 0 Å². The molecule has 0 aliphatic carbocycles. The van der Waals surface area contributed by atoms with E-state index >= 15 is 0 Å². The molecule has 0 N–H and O–H groups in total. The summed E-state index contributed by atoms with van der Waals surface area (Å²) in [5.41, 5.74) is 1.66. The minimum Gasteiger partial charge on any atom is -0.464 e. The van der Waals surface area contributed by atoms with Crippen LogP contribution >= 0.6 is 34.8 Å². The largest absolute Gasteiger partial charge is 0.464 e. The average Bonchev–Trinajstić information content (AvgIpc) is 2.96. The second kappa shape index (κ2) is 5.56. The Hall–Kier alpha value is -1.16. The number of halogens is 3. The van der Waals surface area contributed by atoms with Gasteiger partial charge >= 0.3 is 0 Å². The van der Waals surface area contributed by atoms with E-state index in [0.717, 1.165) is 28.4 Å². The molecule has 0 aliphatic rings. The number of imidazole rings is 1. The highest BCUT2D eigenvalue weighted by molar-refractivity contribution is 6.42. The quantitative estimate of drug-likeness (QED) is 0.580. The maximum atomic E-state index is 6.25. The van der Waals surface area contributed by atoms with Gasteiger partial charge in [-0.25, -0.2) is 4.98 Å². The van der Waals surface area contributed by atoms with Gasteiger partial charge in [-0.1, -0.05) is 23.2 Å². The molecule has 0 fully saturated rings. The lowest BCUT2D eigenvalue weighted by molar-refractivity contribution is 0.469. The highest BCUT2D eigenvalue weighted by atomic mass is 35.5. The molecule has 1 atom stereocenters. The summed E-state index contributed by atoms with van der Waals surface area (Å²) in [6, 6.07) is 7.44. The predicted molar refractivity (Wildman–Crippen MR) is 86.6 cm³/mol. The van der Waals surface area contributed by atoms with Crippen molar-refractivity contribution in [3.63, 3.8) is 0 Å². The van der Waals surface area contributed by atoms with E-state index in [1.807, 2.05) is 36.6 Å². The smallest absolute Gasteiger partial charge is 0.128 e. The summed E-state index contributed by atoms with van der Waals surface area (Å²) in [7, 11) is 0. The summed E-state index contributed by atoms with van der Waals surface area (Å²) in [6.45, 7) is 4.35. The van der Waals surface area contributed by atoms with E-state index in [1.165, 1.54) is 0 Å². The number of alkyl halides is 1. The Labute approximate surface area is 137 Å². The number of rotatable bonds is 3. The molecule has 0 aliphatic heterocycles. The van der Waals surface area contributed by atoms with Crippen LogP contribution in [0, 0.1) is 6.92 Å². The van der Waals surface area contributed by atoms with Gasteiger partial charge in [-0.15, -0.1) is 11.6 Å². The standard InChI is InChI=1S/C15H13Cl3N2O/c1-8-3-4-10(21-8)7-20-14-6-12(18)11(17)5-13(14)19-15(20)9(2)16/h3-6,9H,7H2,1-2H3. The van der Waals surface area contributed by atoms with Crippen LogP contribution in [0.25, 0.3) is 11.0 Å². The number of hydrogen-bond acceptors (Lipinski definition) is 2. The molecule has 110 valence electrons. The molecule has 21 heavy (non-hydrogen) atoms. The van der Waals surface area contributed by atoms with Gasteiger partial charge in [0.05, 0.1) is 33.0 Å². The third-order valence-electron chi connectivity index (χ3n) is 3.29. The molecule has 3 aromatic rings. The van der Waals surface area contributed by atoms with E-state index in [2.05, 4.69) is 4.98 Å². The van der Waals surface area contributed by atoms with E-state index < -0.39 is 0 Å². The van der Waals surface area contributed by atoms with Crippen LogP contribution < -0.4 is 0 Å². The normalized spacial score (nSPS) is 13.0. The first-order valence-electron chi connectivity index (χ1n) is 6.50. The summed E-state index contributed by atoms with van der Waals surface area (Å²) in [5.74, 6) is 2.48. The van der Waals surface area contributed by atoms with Crippen molar-refractivity contribution >= 4 is 45.8 Å². The first kappa shape index (κ1) is 14.8. The second-order valence-corrected chi connectivity index (χ2v) is 6.41. The van der Waals surface area contributed by atoms with Gasteiger partial charge in [0.15, 0.2) is 0 Å². The molecule has 3 nitrogen and oxygen atoms in total. The molecule has 1 unspecified atom stereocenters. The minimum atomic E-state index is -0.231. The Morgan fingerprint density at radius 3 is 2.57 bits per heavy atom. The first-order chi connectivity index (χ1) is 9.95. The topological polar surface area (TPSA) is 31.0 Å². The Morgan fingerprint density at radius 1 is 1.24 bits per heavy atom. The molecule has 6 heteroatoms. The van der Waals surface area contributed by atoms with Crippen molar-refractivity contribution in [2.24, 2.45) is 0 Å². The van der Waals surface area contributed by atoms with E-state index in [1.54, 1.807) is 6.07 Å². The summed E-state index contributed by atoms with van der Waals surface area (Å²) in [5, 5.41) is 0.747. The van der Waals surface area contributed by atoms with Crippen LogP contribution in [-0.2, 0) is 6.54 Å². The zero-order valence-corrected chi connectivity index (χ0v) is 13.8. The van der Waals surface area contributed by atoms with Crippen molar-refractivity contribution in [1.82, 2.24) is 9.55 Å². The van der Waals surface area contributed by atoms with Gasteiger partial charge in [0.1, 0.15) is 17.3 Å². The lowest BCUT2D eigenvalue weighted by atomic mass is 10.3. The SMILES string of the molecule is Cc1ccc(Cn2c(C(C)Cl)nc3cc(Cl)c(Cl)cc32)o1. The molecule has 0 spiro atoms. The predicted octanol–water partition coefficient (Wildman–Crippen LogP) is 5.59. The molecule has 2 aromatic heterocycles. The molecule has 0 radical (unpaired) electrons. The third kappa shape index (κ3) is 2.78. The summed E-state index contributed by atoms with van der Waals surface area (Å²) >= 11 is 18.4. The zero-order chi connectivity index (χ0) is 15.1. The van der Waals surface area contributed by atoms with Crippen molar-refractivity contribution < 1.29 is 4.42 Å². The van der Waals surface area contributed by atoms with Crippen molar-refractivity contribution in [2.75, 3.05) is 0 Å². The van der Waals surface area contributed by atoms with Gasteiger partial charge in [-0.2, -0.15) is 0 Å². The number of aromatic nitrogens is 2. The number of benzene rings is 1. The fourth-order valence-electron chi connectivity index (χ4n) is 2.33. The van der Waals surface area contributed by atoms with Gasteiger partial charge in [-0.3, -0.25) is 0 Å². The first-order valence-corrected chi connectivity index (χ1v) is 7.69. The lowest BCUT2D eigenvalue weighted by Crippen LogP contribution is -2.05. The minimum absolute atomic E-state index is 0.231. The Kier molecular flexibility index (Phi) is 3.91. The molecular formula is C15H13Cl3N2O. The van der Waals surface area contributed by atoms with Crippen molar-refractivity contribution in [3.05, 3.63) is 51.7 Å². The van der Waals surface area contributed by atoms with E-state index in [9.17, 15) is 0 Å². The van der Waals surface area contributed by atoms with E-state index in [4.69, 9.17) is 39.2 Å². The zero-order valence-electron chi connectivity index (χ0n) is 11.5. The number of furan rings is 1. The van der Waals surface area contributed by atoms with Crippen molar-refractivity contribution in [3.8, 4) is 0 Å². The maximum absolute atomic E-state index is 6.25. The van der Waals surface area contributed by atoms with Gasteiger partial charge in [-0.05, 0) is 38.1 Å². The van der Waals surface area contributed by atoms with E-state index in [0.29, 0.717) is 16.6 Å². The molecule has 0 amide bonds. The van der Waals surface area contributed by atoms with Gasteiger partial charge < -0.3 is 8.98 Å². The fourth-order valence-corrected chi connectivity index (χ4v) is 2.82. The number of nitrogens with zero attached hydrogens (tertiary/aromatic N) is 2. The van der Waals surface area contributed by atoms with Crippen LogP contribution in [0.3, 0.4) is 0 Å². The van der Waals surface area contributed by atoms with Crippen LogP contribution in [0.4, 0.5) is 0 Å². The third-order valence-corrected chi connectivity index (χ3v) is 4.20. The Morgan fingerprint density at radius 2 is 1.95 bits per heavy atom. The molecule has 3 rings (SSSR count). The monoisotopic (exact) mass is 342 g/mol. The highest BCUT2D eigenvalue weighted by Crippen LogP contribution is 2.31. The number of fused-ring (bicyclic) bond motifs is 1. The molecule has 1 aromatic carbocycles. The number of hydrogen-bond donors (Lipinski definition) is 0. The summed E-state index contributed by atoms with van der Waals surface area (Å²) in [6.07, 6.45) is 0. The molecular weight excluding hydrogens is 331 g/mol. The second-order valence-electron chi connectivity index (χ2n) is 4.94. The molecule has 0 saturated heterocycles. The Bertz CT molecular complexity index is 805. The van der Waals surface area contributed by atoms with Crippen LogP contribution in [0.2, 0.25) is 10.0 Å².